The monoisotopic (exact) mass is 415 g/mol. The smallest absolute Gasteiger partial charge is 0.127 e. The summed E-state index contributed by atoms with van der Waals surface area (Å²) >= 11 is 0. The molecule has 2 N–H and O–H groups in total. The van der Waals surface area contributed by atoms with E-state index in [1.54, 1.807) is 0 Å². The van der Waals surface area contributed by atoms with E-state index in [4.69, 9.17) is 10.5 Å². The number of nitrogens with zero attached hydrogens (tertiary/aromatic N) is 2. The Labute approximate surface area is 186 Å². The number of hydrogen-bond acceptors (Lipinski definition) is 4. The van der Waals surface area contributed by atoms with Crippen LogP contribution in [-0.4, -0.2) is 23.0 Å². The van der Waals surface area contributed by atoms with Gasteiger partial charge in [-0.3, -0.25) is 9.88 Å². The molecule has 1 aliphatic rings. The molecule has 4 rings (SSSR count). The Balaban J connectivity index is 1.44. The molecule has 31 heavy (non-hydrogen) atoms. The minimum Gasteiger partial charge on any atom is -0.457 e. The quantitative estimate of drug-likeness (QED) is 0.491. The standard InChI is InChI=1S/C27H33N3O/c28-18-22-9-11-23(12-10-22)19-30(20-24-13-15-29-16-14-24)21-25-5-4-8-27(17-25)31-26-6-2-1-3-7-26/h1-8,13-17,22-23H,9-12,18-21,28H2. The van der Waals surface area contributed by atoms with E-state index in [1.165, 1.54) is 36.8 Å². The van der Waals surface area contributed by atoms with E-state index in [0.29, 0.717) is 0 Å². The van der Waals surface area contributed by atoms with E-state index in [2.05, 4.69) is 40.2 Å². The minimum absolute atomic E-state index is 0.719. The molecule has 4 nitrogen and oxygen atoms in total. The second kappa shape index (κ2) is 11.1. The van der Waals surface area contributed by atoms with Gasteiger partial charge in [0.05, 0.1) is 0 Å². The Morgan fingerprint density at radius 3 is 2.19 bits per heavy atom. The fourth-order valence-corrected chi connectivity index (χ4v) is 4.54. The van der Waals surface area contributed by atoms with Crippen molar-refractivity contribution in [2.75, 3.05) is 13.1 Å². The Kier molecular flexibility index (Phi) is 7.70. The van der Waals surface area contributed by atoms with Gasteiger partial charge in [-0.25, -0.2) is 0 Å². The number of aromatic nitrogens is 1. The predicted octanol–water partition coefficient (Wildman–Crippen LogP) is 5.64. The molecule has 162 valence electrons. The van der Waals surface area contributed by atoms with Crippen molar-refractivity contribution in [2.45, 2.75) is 38.8 Å². The van der Waals surface area contributed by atoms with E-state index in [0.717, 1.165) is 49.5 Å². The summed E-state index contributed by atoms with van der Waals surface area (Å²) in [6.45, 7) is 3.79. The molecule has 4 heteroatoms. The third-order valence-electron chi connectivity index (χ3n) is 6.26. The molecule has 1 saturated carbocycles. The van der Waals surface area contributed by atoms with E-state index in [-0.39, 0.29) is 0 Å². The van der Waals surface area contributed by atoms with Crippen molar-refractivity contribution in [2.24, 2.45) is 17.6 Å². The Bertz CT molecular complexity index is 908. The van der Waals surface area contributed by atoms with Crippen molar-refractivity contribution in [1.29, 1.82) is 0 Å². The first-order valence-corrected chi connectivity index (χ1v) is 11.4. The zero-order valence-corrected chi connectivity index (χ0v) is 18.2. The fraction of sp³-hybridized carbons (Fsp3) is 0.370. The van der Waals surface area contributed by atoms with Crippen LogP contribution in [0.15, 0.2) is 79.1 Å². The maximum Gasteiger partial charge on any atom is 0.127 e. The number of para-hydroxylation sites is 1. The van der Waals surface area contributed by atoms with Gasteiger partial charge in [0.15, 0.2) is 0 Å². The van der Waals surface area contributed by atoms with Crippen LogP contribution in [0.4, 0.5) is 0 Å². The van der Waals surface area contributed by atoms with Crippen molar-refractivity contribution in [1.82, 2.24) is 9.88 Å². The largest absolute Gasteiger partial charge is 0.457 e. The zero-order valence-electron chi connectivity index (χ0n) is 18.2. The van der Waals surface area contributed by atoms with E-state index >= 15 is 0 Å². The molecular formula is C27H33N3O. The summed E-state index contributed by atoms with van der Waals surface area (Å²) in [5.74, 6) is 3.21. The van der Waals surface area contributed by atoms with Crippen molar-refractivity contribution < 1.29 is 4.74 Å². The molecule has 0 bridgehead atoms. The van der Waals surface area contributed by atoms with Gasteiger partial charge in [0.1, 0.15) is 11.5 Å². The highest BCUT2D eigenvalue weighted by Gasteiger charge is 2.22. The summed E-state index contributed by atoms with van der Waals surface area (Å²) in [6.07, 6.45) is 8.87. The van der Waals surface area contributed by atoms with Gasteiger partial charge in [-0.2, -0.15) is 0 Å². The van der Waals surface area contributed by atoms with Crippen molar-refractivity contribution in [3.05, 3.63) is 90.3 Å². The number of benzene rings is 2. The zero-order chi connectivity index (χ0) is 21.3. The predicted molar refractivity (Wildman–Crippen MR) is 126 cm³/mol. The first-order chi connectivity index (χ1) is 15.3. The van der Waals surface area contributed by atoms with Gasteiger partial charge in [0.25, 0.3) is 0 Å². The summed E-state index contributed by atoms with van der Waals surface area (Å²) < 4.78 is 6.05. The molecule has 2 aromatic carbocycles. The molecule has 0 unspecified atom stereocenters. The highest BCUT2D eigenvalue weighted by molar-refractivity contribution is 5.33. The maximum absolute atomic E-state index is 6.05. The third kappa shape index (κ3) is 6.65. The summed E-state index contributed by atoms with van der Waals surface area (Å²) in [7, 11) is 0. The Morgan fingerprint density at radius 2 is 1.45 bits per heavy atom. The maximum atomic E-state index is 6.05. The summed E-state index contributed by atoms with van der Waals surface area (Å²) in [4.78, 5) is 6.75. The van der Waals surface area contributed by atoms with Gasteiger partial charge in [-0.1, -0.05) is 30.3 Å². The van der Waals surface area contributed by atoms with E-state index in [1.807, 2.05) is 48.8 Å². The molecule has 0 spiro atoms. The normalized spacial score (nSPS) is 18.8. The van der Waals surface area contributed by atoms with Crippen LogP contribution >= 0.6 is 0 Å². The van der Waals surface area contributed by atoms with Crippen LogP contribution in [0.25, 0.3) is 0 Å². The van der Waals surface area contributed by atoms with Gasteiger partial charge in [0, 0.05) is 32.0 Å². The van der Waals surface area contributed by atoms with Crippen LogP contribution in [0, 0.1) is 11.8 Å². The Hall–Kier alpha value is -2.69. The lowest BCUT2D eigenvalue weighted by molar-refractivity contribution is 0.170. The third-order valence-corrected chi connectivity index (χ3v) is 6.26. The average molecular weight is 416 g/mol. The van der Waals surface area contributed by atoms with E-state index in [9.17, 15) is 0 Å². The summed E-state index contributed by atoms with van der Waals surface area (Å²) in [6, 6.07) is 22.7. The van der Waals surface area contributed by atoms with Crippen LogP contribution < -0.4 is 10.5 Å². The van der Waals surface area contributed by atoms with Crippen LogP contribution in [0.1, 0.15) is 36.8 Å². The van der Waals surface area contributed by atoms with Gasteiger partial charge in [-0.15, -0.1) is 0 Å². The number of rotatable bonds is 9. The van der Waals surface area contributed by atoms with Gasteiger partial charge >= 0.3 is 0 Å². The van der Waals surface area contributed by atoms with Crippen LogP contribution in [0.3, 0.4) is 0 Å². The lowest BCUT2D eigenvalue weighted by atomic mass is 9.82. The molecule has 1 heterocycles. The van der Waals surface area contributed by atoms with Crippen molar-refractivity contribution in [3.63, 3.8) is 0 Å². The number of hydrogen-bond donors (Lipinski definition) is 1. The Morgan fingerprint density at radius 1 is 0.774 bits per heavy atom. The van der Waals surface area contributed by atoms with Gasteiger partial charge in [0.2, 0.25) is 0 Å². The second-order valence-corrected chi connectivity index (χ2v) is 8.71. The molecule has 1 fully saturated rings. The molecule has 1 aromatic heterocycles. The molecule has 1 aliphatic carbocycles. The molecule has 0 saturated heterocycles. The summed E-state index contributed by atoms with van der Waals surface area (Å²) in [5, 5.41) is 0. The average Bonchev–Trinajstić information content (AvgIpc) is 2.81. The van der Waals surface area contributed by atoms with Crippen LogP contribution in [-0.2, 0) is 13.1 Å². The molecule has 0 aliphatic heterocycles. The molecular weight excluding hydrogens is 382 g/mol. The van der Waals surface area contributed by atoms with Crippen molar-refractivity contribution >= 4 is 0 Å². The molecule has 0 atom stereocenters. The SMILES string of the molecule is NCC1CCC(CN(Cc2ccncc2)Cc2cccc(Oc3ccccc3)c2)CC1. The number of nitrogens with two attached hydrogens (primary N) is 1. The lowest BCUT2D eigenvalue weighted by Crippen LogP contribution is -2.32. The van der Waals surface area contributed by atoms with Crippen molar-refractivity contribution in [3.8, 4) is 11.5 Å². The van der Waals surface area contributed by atoms with Crippen LogP contribution in [0.2, 0.25) is 0 Å². The summed E-state index contributed by atoms with van der Waals surface area (Å²) in [5.41, 5.74) is 8.48. The second-order valence-electron chi connectivity index (χ2n) is 8.71. The fourth-order valence-electron chi connectivity index (χ4n) is 4.54. The lowest BCUT2D eigenvalue weighted by Gasteiger charge is -2.32. The van der Waals surface area contributed by atoms with E-state index < -0.39 is 0 Å². The first-order valence-electron chi connectivity index (χ1n) is 11.4. The molecule has 0 radical (unpaired) electrons. The highest BCUT2D eigenvalue weighted by Crippen LogP contribution is 2.30. The highest BCUT2D eigenvalue weighted by atomic mass is 16.5. The molecule has 3 aromatic rings. The number of ether oxygens (including phenoxy) is 1. The van der Waals surface area contributed by atoms with Gasteiger partial charge in [-0.05, 0) is 91.6 Å². The topological polar surface area (TPSA) is 51.4 Å². The molecule has 0 amide bonds. The minimum atomic E-state index is 0.719. The van der Waals surface area contributed by atoms with Crippen LogP contribution in [0.5, 0.6) is 11.5 Å². The first kappa shape index (κ1) is 21.5. The van der Waals surface area contributed by atoms with Gasteiger partial charge < -0.3 is 10.5 Å². The number of pyridine rings is 1.